The zero-order valence-corrected chi connectivity index (χ0v) is 14.8. The fourth-order valence-corrected chi connectivity index (χ4v) is 4.43. The van der Waals surface area contributed by atoms with Crippen molar-refractivity contribution in [3.63, 3.8) is 0 Å². The second-order valence-electron chi connectivity index (χ2n) is 7.36. The first-order valence-corrected chi connectivity index (χ1v) is 9.37. The summed E-state index contributed by atoms with van der Waals surface area (Å²) in [6, 6.07) is 3.19. The summed E-state index contributed by atoms with van der Waals surface area (Å²) in [6.07, 6.45) is 10.3. The normalized spacial score (nSPS) is 25.5. The van der Waals surface area contributed by atoms with Crippen LogP contribution in [0.25, 0.3) is 0 Å². The highest BCUT2D eigenvalue weighted by atomic mass is 19.2. The molecule has 2 nitrogen and oxygen atoms in total. The molecule has 0 aromatic heterocycles. The SMILES string of the molecule is CC=COc1ccc(C2CCC(C3CCC(=O)CC3)CC2)c(F)c1F. The summed E-state index contributed by atoms with van der Waals surface area (Å²) in [5, 5.41) is 0. The Morgan fingerprint density at radius 1 is 0.960 bits per heavy atom. The van der Waals surface area contributed by atoms with Crippen LogP contribution in [-0.4, -0.2) is 5.78 Å². The Balaban J connectivity index is 1.63. The van der Waals surface area contributed by atoms with Crippen molar-refractivity contribution < 1.29 is 18.3 Å². The number of carbonyl (C=O) groups excluding carboxylic acids is 1. The zero-order chi connectivity index (χ0) is 17.8. The predicted octanol–water partition coefficient (Wildman–Crippen LogP) is 5.91. The summed E-state index contributed by atoms with van der Waals surface area (Å²) in [7, 11) is 0. The Bertz CT molecular complexity index is 636. The van der Waals surface area contributed by atoms with Gasteiger partial charge in [-0.25, -0.2) is 4.39 Å². The van der Waals surface area contributed by atoms with E-state index in [-0.39, 0.29) is 11.7 Å². The van der Waals surface area contributed by atoms with Crippen molar-refractivity contribution in [2.45, 2.75) is 64.2 Å². The molecule has 0 unspecified atom stereocenters. The van der Waals surface area contributed by atoms with Crippen molar-refractivity contribution in [3.05, 3.63) is 41.7 Å². The van der Waals surface area contributed by atoms with Gasteiger partial charge in [0.25, 0.3) is 0 Å². The number of hydrogen-bond acceptors (Lipinski definition) is 2. The molecule has 136 valence electrons. The van der Waals surface area contributed by atoms with Gasteiger partial charge in [0.05, 0.1) is 6.26 Å². The summed E-state index contributed by atoms with van der Waals surface area (Å²) in [5.41, 5.74) is 0.475. The fraction of sp³-hybridized carbons (Fsp3) is 0.571. The number of halogens is 2. The number of carbonyl (C=O) groups is 1. The maximum Gasteiger partial charge on any atom is 0.201 e. The third kappa shape index (κ3) is 4.10. The first-order chi connectivity index (χ1) is 12.1. The van der Waals surface area contributed by atoms with Crippen LogP contribution in [0.15, 0.2) is 24.5 Å². The summed E-state index contributed by atoms with van der Waals surface area (Å²) in [6.45, 7) is 1.75. The number of hydrogen-bond donors (Lipinski definition) is 0. The highest BCUT2D eigenvalue weighted by molar-refractivity contribution is 5.79. The van der Waals surface area contributed by atoms with Gasteiger partial charge in [-0.15, -0.1) is 0 Å². The average Bonchev–Trinajstić information content (AvgIpc) is 2.64. The molecular formula is C21H26F2O2. The van der Waals surface area contributed by atoms with Gasteiger partial charge in [-0.2, -0.15) is 4.39 Å². The first-order valence-electron chi connectivity index (χ1n) is 9.37. The Hall–Kier alpha value is -1.71. The Kier molecular flexibility index (Phi) is 5.87. The summed E-state index contributed by atoms with van der Waals surface area (Å²) >= 11 is 0. The summed E-state index contributed by atoms with van der Waals surface area (Å²) < 4.78 is 33.7. The molecule has 0 radical (unpaired) electrons. The molecule has 0 heterocycles. The maximum absolute atomic E-state index is 14.5. The molecule has 0 spiro atoms. The van der Waals surface area contributed by atoms with E-state index in [0.29, 0.717) is 23.2 Å². The number of ether oxygens (including phenoxy) is 1. The molecule has 3 rings (SSSR count). The van der Waals surface area contributed by atoms with Crippen molar-refractivity contribution in [2.24, 2.45) is 11.8 Å². The van der Waals surface area contributed by atoms with Gasteiger partial charge in [-0.3, -0.25) is 4.79 Å². The number of Topliss-reactive ketones (excluding diaryl/α,β-unsaturated/α-hetero) is 1. The van der Waals surface area contributed by atoms with Crippen LogP contribution < -0.4 is 4.74 Å². The monoisotopic (exact) mass is 348 g/mol. The molecule has 0 bridgehead atoms. The van der Waals surface area contributed by atoms with Crippen LogP contribution in [-0.2, 0) is 4.79 Å². The largest absolute Gasteiger partial charge is 0.462 e. The van der Waals surface area contributed by atoms with Crippen molar-refractivity contribution in [1.29, 1.82) is 0 Å². The molecule has 1 aromatic carbocycles. The zero-order valence-electron chi connectivity index (χ0n) is 14.8. The summed E-state index contributed by atoms with van der Waals surface area (Å²) in [4.78, 5) is 11.4. The van der Waals surface area contributed by atoms with Crippen LogP contribution in [0, 0.1) is 23.5 Å². The van der Waals surface area contributed by atoms with Gasteiger partial charge in [0, 0.05) is 12.8 Å². The quantitative estimate of drug-likeness (QED) is 0.632. The Morgan fingerprint density at radius 3 is 2.24 bits per heavy atom. The molecule has 2 aliphatic rings. The second-order valence-corrected chi connectivity index (χ2v) is 7.36. The van der Waals surface area contributed by atoms with Crippen LogP contribution >= 0.6 is 0 Å². The van der Waals surface area contributed by atoms with Crippen LogP contribution in [0.5, 0.6) is 5.75 Å². The number of ketones is 1. The van der Waals surface area contributed by atoms with Crippen LogP contribution in [0.1, 0.15) is 69.8 Å². The number of benzene rings is 1. The average molecular weight is 348 g/mol. The molecule has 2 fully saturated rings. The topological polar surface area (TPSA) is 26.3 Å². The Labute approximate surface area is 148 Å². The lowest BCUT2D eigenvalue weighted by atomic mass is 9.69. The highest BCUT2D eigenvalue weighted by Gasteiger charge is 2.32. The van der Waals surface area contributed by atoms with Crippen LogP contribution in [0.4, 0.5) is 8.78 Å². The molecule has 4 heteroatoms. The standard InChI is InChI=1S/C21H26F2O2/c1-2-13-25-19-12-11-18(20(22)21(19)23)16-5-3-14(4-6-16)15-7-9-17(24)10-8-15/h2,11-16H,3-10H2,1H3. The smallest absolute Gasteiger partial charge is 0.201 e. The lowest BCUT2D eigenvalue weighted by Gasteiger charge is -2.35. The molecule has 0 N–H and O–H groups in total. The minimum absolute atomic E-state index is 0.0695. The van der Waals surface area contributed by atoms with E-state index in [9.17, 15) is 13.6 Å². The third-order valence-corrected chi connectivity index (χ3v) is 5.87. The van der Waals surface area contributed by atoms with E-state index in [1.54, 1.807) is 19.1 Å². The van der Waals surface area contributed by atoms with E-state index >= 15 is 0 Å². The van der Waals surface area contributed by atoms with E-state index < -0.39 is 11.6 Å². The van der Waals surface area contributed by atoms with E-state index in [1.807, 2.05) is 0 Å². The Morgan fingerprint density at radius 2 is 1.60 bits per heavy atom. The van der Waals surface area contributed by atoms with Gasteiger partial charge in [0.1, 0.15) is 5.78 Å². The van der Waals surface area contributed by atoms with Crippen LogP contribution in [0.2, 0.25) is 0 Å². The van der Waals surface area contributed by atoms with Crippen molar-refractivity contribution in [2.75, 3.05) is 0 Å². The lowest BCUT2D eigenvalue weighted by Crippen LogP contribution is -2.25. The molecule has 25 heavy (non-hydrogen) atoms. The van der Waals surface area contributed by atoms with Crippen molar-refractivity contribution in [3.8, 4) is 5.75 Å². The first kappa shape index (κ1) is 18.1. The molecule has 2 saturated carbocycles. The van der Waals surface area contributed by atoms with E-state index in [0.717, 1.165) is 51.4 Å². The van der Waals surface area contributed by atoms with E-state index in [1.165, 1.54) is 12.3 Å². The van der Waals surface area contributed by atoms with Gasteiger partial charge in [0.2, 0.25) is 5.82 Å². The molecule has 0 amide bonds. The second kappa shape index (κ2) is 8.11. The minimum atomic E-state index is -0.900. The van der Waals surface area contributed by atoms with Gasteiger partial charge in [-0.1, -0.05) is 12.1 Å². The summed E-state index contributed by atoms with van der Waals surface area (Å²) in [5.74, 6) is -0.00186. The number of rotatable bonds is 4. The lowest BCUT2D eigenvalue weighted by molar-refractivity contribution is -0.121. The molecular weight excluding hydrogens is 322 g/mol. The molecule has 1 aromatic rings. The van der Waals surface area contributed by atoms with Crippen molar-refractivity contribution >= 4 is 5.78 Å². The van der Waals surface area contributed by atoms with Gasteiger partial charge in [-0.05, 0) is 74.8 Å². The maximum atomic E-state index is 14.5. The molecule has 0 atom stereocenters. The van der Waals surface area contributed by atoms with Crippen LogP contribution in [0.3, 0.4) is 0 Å². The highest BCUT2D eigenvalue weighted by Crippen LogP contribution is 2.43. The van der Waals surface area contributed by atoms with Gasteiger partial charge in [0.15, 0.2) is 11.6 Å². The van der Waals surface area contributed by atoms with E-state index in [4.69, 9.17) is 4.74 Å². The third-order valence-electron chi connectivity index (χ3n) is 5.87. The number of allylic oxidation sites excluding steroid dienone is 1. The molecule has 0 aliphatic heterocycles. The minimum Gasteiger partial charge on any atom is -0.462 e. The van der Waals surface area contributed by atoms with Crippen molar-refractivity contribution in [1.82, 2.24) is 0 Å². The molecule has 0 saturated heterocycles. The van der Waals surface area contributed by atoms with E-state index in [2.05, 4.69) is 0 Å². The fourth-order valence-electron chi connectivity index (χ4n) is 4.43. The van der Waals surface area contributed by atoms with Gasteiger partial charge >= 0.3 is 0 Å². The van der Waals surface area contributed by atoms with Gasteiger partial charge < -0.3 is 4.74 Å². The predicted molar refractivity (Wildman–Crippen MR) is 93.5 cm³/mol. The molecule has 2 aliphatic carbocycles.